The first kappa shape index (κ1) is 27.3. The van der Waals surface area contributed by atoms with Crippen molar-refractivity contribution in [3.05, 3.63) is 82.6 Å². The van der Waals surface area contributed by atoms with Crippen molar-refractivity contribution >= 4 is 50.4 Å². The van der Waals surface area contributed by atoms with E-state index < -0.39 is 0 Å². The Morgan fingerprint density at radius 1 is 1.20 bits per heavy atom. The first-order valence-corrected chi connectivity index (χ1v) is 14.5. The summed E-state index contributed by atoms with van der Waals surface area (Å²) < 4.78 is 26.2. The Morgan fingerprint density at radius 3 is 2.93 bits per heavy atom. The molecule has 41 heavy (non-hydrogen) atoms. The number of thiophene rings is 1. The minimum absolute atomic E-state index is 0.150. The number of benzene rings is 2. The number of methoxy groups -OCH3 is 1. The van der Waals surface area contributed by atoms with Gasteiger partial charge in [0.05, 0.1) is 23.2 Å². The molecule has 1 aliphatic carbocycles. The highest BCUT2D eigenvalue weighted by atomic mass is 35.5. The van der Waals surface area contributed by atoms with Crippen LogP contribution >= 0.6 is 22.9 Å². The van der Waals surface area contributed by atoms with E-state index in [2.05, 4.69) is 20.4 Å². The van der Waals surface area contributed by atoms with Gasteiger partial charge in [-0.1, -0.05) is 23.7 Å². The molecule has 8 nitrogen and oxygen atoms in total. The number of hydrogen-bond acceptors (Lipinski definition) is 8. The van der Waals surface area contributed by atoms with Gasteiger partial charge in [-0.15, -0.1) is 11.3 Å². The lowest BCUT2D eigenvalue weighted by atomic mass is 9.95. The fraction of sp³-hybridized carbons (Fsp3) is 0.267. The van der Waals surface area contributed by atoms with E-state index >= 15 is 0 Å². The van der Waals surface area contributed by atoms with Gasteiger partial charge in [0, 0.05) is 42.0 Å². The Kier molecular flexibility index (Phi) is 7.95. The molecule has 0 bridgehead atoms. The predicted molar refractivity (Wildman–Crippen MR) is 158 cm³/mol. The highest BCUT2D eigenvalue weighted by Gasteiger charge is 2.27. The molecule has 5 aromatic rings. The normalized spacial score (nSPS) is 12.3. The van der Waals surface area contributed by atoms with E-state index in [0.29, 0.717) is 36.0 Å². The average molecular weight is 592 g/mol. The number of anilines is 2. The second kappa shape index (κ2) is 11.9. The van der Waals surface area contributed by atoms with Crippen LogP contribution in [0.4, 0.5) is 15.9 Å². The largest absolute Gasteiger partial charge is 0.487 e. The van der Waals surface area contributed by atoms with Gasteiger partial charge in [0.2, 0.25) is 0 Å². The van der Waals surface area contributed by atoms with Crippen LogP contribution in [0.5, 0.6) is 5.75 Å². The number of nitrogens with zero attached hydrogens (tertiary/aromatic N) is 4. The van der Waals surface area contributed by atoms with E-state index in [9.17, 15) is 9.18 Å². The quantitative estimate of drug-likeness (QED) is 0.170. The number of aromatic nitrogens is 4. The number of ketones is 1. The Balaban J connectivity index is 1.21. The van der Waals surface area contributed by atoms with E-state index in [0.717, 1.165) is 50.4 Å². The minimum atomic E-state index is -0.308. The molecule has 0 saturated carbocycles. The van der Waals surface area contributed by atoms with Gasteiger partial charge < -0.3 is 14.8 Å². The molecule has 0 spiro atoms. The summed E-state index contributed by atoms with van der Waals surface area (Å²) in [5.41, 5.74) is 4.77. The molecule has 0 aliphatic heterocycles. The molecule has 1 aliphatic rings. The van der Waals surface area contributed by atoms with Crippen molar-refractivity contribution in [3.63, 3.8) is 0 Å². The summed E-state index contributed by atoms with van der Waals surface area (Å²) in [6.07, 6.45) is 6.16. The molecule has 11 heteroatoms. The summed E-state index contributed by atoms with van der Waals surface area (Å²) in [5.74, 6) is 1.04. The maximum Gasteiger partial charge on any atom is 0.154 e. The highest BCUT2D eigenvalue weighted by Crippen LogP contribution is 2.45. The average Bonchev–Trinajstić information content (AvgIpc) is 3.54. The summed E-state index contributed by atoms with van der Waals surface area (Å²) in [6, 6.07) is 11.7. The van der Waals surface area contributed by atoms with Crippen molar-refractivity contribution < 1.29 is 18.7 Å². The van der Waals surface area contributed by atoms with Gasteiger partial charge in [-0.2, -0.15) is 5.10 Å². The summed E-state index contributed by atoms with van der Waals surface area (Å²) in [7, 11) is 1.64. The third kappa shape index (κ3) is 5.81. The fourth-order valence-electron chi connectivity index (χ4n) is 5.07. The zero-order valence-corrected chi connectivity index (χ0v) is 23.9. The van der Waals surface area contributed by atoms with Crippen molar-refractivity contribution in [3.8, 4) is 16.2 Å². The van der Waals surface area contributed by atoms with Crippen LogP contribution in [0.25, 0.3) is 20.7 Å². The zero-order valence-electron chi connectivity index (χ0n) is 22.3. The number of carbonyl (C=O) groups excluding carboxylic acids is 1. The molecule has 0 saturated heterocycles. The molecule has 0 amide bonds. The SMILES string of the molecule is COCCCC(=O)Cn1ncc2c1CCc1c-2sc2ncnc(Nc3ccc(OCc4cccc(F)c4)c(Cl)c3)c12. The molecular weight excluding hydrogens is 565 g/mol. The van der Waals surface area contributed by atoms with Crippen molar-refractivity contribution in [2.45, 2.75) is 38.8 Å². The van der Waals surface area contributed by atoms with E-state index in [4.69, 9.17) is 21.1 Å². The third-order valence-electron chi connectivity index (χ3n) is 7.00. The summed E-state index contributed by atoms with van der Waals surface area (Å²) in [6.45, 7) is 1.05. The molecule has 3 heterocycles. The standard InChI is InChI=1S/C30H27ClFN5O3S/c1-39-11-3-6-21(38)15-37-25-9-8-22-27-29(33-17-34-30(27)41-28(22)23(25)14-35-37)36-20-7-10-26(24(31)13-20)40-16-18-4-2-5-19(32)12-18/h2,4-5,7,10,12-14,17H,3,6,8-9,11,15-16H2,1H3,(H,33,34,36). The third-order valence-corrected chi connectivity index (χ3v) is 8.47. The number of carbonyl (C=O) groups is 1. The molecular formula is C30H27ClFN5O3S. The van der Waals surface area contributed by atoms with Crippen LogP contribution < -0.4 is 10.1 Å². The number of Topliss-reactive ketones (excluding diaryl/α,β-unsaturated/α-hetero) is 1. The predicted octanol–water partition coefficient (Wildman–Crippen LogP) is 6.76. The van der Waals surface area contributed by atoms with Crippen LogP contribution in [0.15, 0.2) is 55.0 Å². The van der Waals surface area contributed by atoms with E-state index in [1.54, 1.807) is 49.0 Å². The van der Waals surface area contributed by atoms with Crippen LogP contribution in [0.3, 0.4) is 0 Å². The van der Waals surface area contributed by atoms with Crippen LogP contribution in [0, 0.1) is 5.82 Å². The summed E-state index contributed by atoms with van der Waals surface area (Å²) >= 11 is 8.13. The summed E-state index contributed by atoms with van der Waals surface area (Å²) in [4.78, 5) is 23.6. The molecule has 2 aromatic carbocycles. The van der Waals surface area contributed by atoms with Gasteiger partial charge in [-0.25, -0.2) is 14.4 Å². The van der Waals surface area contributed by atoms with E-state index in [1.165, 1.54) is 17.7 Å². The topological polar surface area (TPSA) is 91.2 Å². The molecule has 0 fully saturated rings. The lowest BCUT2D eigenvalue weighted by Crippen LogP contribution is -2.16. The Morgan fingerprint density at radius 2 is 2.10 bits per heavy atom. The summed E-state index contributed by atoms with van der Waals surface area (Å²) in [5, 5.41) is 9.36. The number of aryl methyl sites for hydroxylation is 1. The van der Waals surface area contributed by atoms with Crippen LogP contribution in [0.1, 0.15) is 29.7 Å². The van der Waals surface area contributed by atoms with Crippen LogP contribution in [-0.4, -0.2) is 39.2 Å². The number of halogens is 2. The van der Waals surface area contributed by atoms with Crippen molar-refractivity contribution in [2.24, 2.45) is 0 Å². The van der Waals surface area contributed by atoms with Gasteiger partial charge in [0.25, 0.3) is 0 Å². The second-order valence-corrected chi connectivity index (χ2v) is 11.2. The van der Waals surface area contributed by atoms with E-state index in [1.807, 2.05) is 16.9 Å². The molecule has 210 valence electrons. The van der Waals surface area contributed by atoms with Crippen LogP contribution in [-0.2, 0) is 35.5 Å². The van der Waals surface area contributed by atoms with Gasteiger partial charge in [-0.3, -0.25) is 9.48 Å². The zero-order chi connectivity index (χ0) is 28.3. The fourth-order valence-corrected chi connectivity index (χ4v) is 6.52. The second-order valence-electron chi connectivity index (χ2n) is 9.80. The Bertz CT molecular complexity index is 1740. The van der Waals surface area contributed by atoms with Crippen molar-refractivity contribution in [2.75, 3.05) is 19.0 Å². The first-order chi connectivity index (χ1) is 20.0. The number of hydrogen-bond donors (Lipinski definition) is 1. The molecule has 1 N–H and O–H groups in total. The molecule has 6 rings (SSSR count). The smallest absolute Gasteiger partial charge is 0.154 e. The number of ether oxygens (including phenoxy) is 2. The highest BCUT2D eigenvalue weighted by molar-refractivity contribution is 7.22. The number of fused-ring (bicyclic) bond motifs is 5. The van der Waals surface area contributed by atoms with Gasteiger partial charge in [-0.05, 0) is 60.7 Å². The number of nitrogens with one attached hydrogen (secondary N) is 1. The van der Waals surface area contributed by atoms with Gasteiger partial charge in [0.1, 0.15) is 35.1 Å². The monoisotopic (exact) mass is 591 g/mol. The Hall–Kier alpha value is -3.86. The maximum absolute atomic E-state index is 13.5. The van der Waals surface area contributed by atoms with Crippen molar-refractivity contribution in [1.82, 2.24) is 19.7 Å². The van der Waals surface area contributed by atoms with Crippen molar-refractivity contribution in [1.29, 1.82) is 0 Å². The maximum atomic E-state index is 13.5. The van der Waals surface area contributed by atoms with Gasteiger partial charge in [0.15, 0.2) is 5.78 Å². The number of rotatable bonds is 11. The molecule has 3 aromatic heterocycles. The Labute approximate surface area is 245 Å². The minimum Gasteiger partial charge on any atom is -0.487 e. The van der Waals surface area contributed by atoms with Gasteiger partial charge >= 0.3 is 0 Å². The first-order valence-electron chi connectivity index (χ1n) is 13.3. The van der Waals surface area contributed by atoms with E-state index in [-0.39, 0.29) is 24.8 Å². The molecule has 0 radical (unpaired) electrons. The molecule has 0 unspecified atom stereocenters. The molecule has 0 atom stereocenters. The lowest BCUT2D eigenvalue weighted by molar-refractivity contribution is -0.120. The lowest BCUT2D eigenvalue weighted by Gasteiger charge is -2.16. The van der Waals surface area contributed by atoms with Crippen LogP contribution in [0.2, 0.25) is 5.02 Å².